The Morgan fingerprint density at radius 2 is 1.70 bits per heavy atom. The van der Waals surface area contributed by atoms with Crippen LogP contribution in [-0.2, 0) is 36.7 Å². The molecule has 210 valence electrons. The molecule has 3 N–H and O–H groups in total. The number of fused-ring (bicyclic) bond motifs is 1. The first kappa shape index (κ1) is 28.0. The molecule has 3 aromatic carbocycles. The molecular formula is C29H32N4O5S2. The van der Waals surface area contributed by atoms with Crippen LogP contribution in [0.5, 0.6) is 0 Å². The first-order valence-corrected chi connectivity index (χ1v) is 16.1. The predicted molar refractivity (Wildman–Crippen MR) is 153 cm³/mol. The zero-order valence-corrected chi connectivity index (χ0v) is 24.1. The first-order valence-electron chi connectivity index (χ1n) is 13.1. The smallest absolute Gasteiger partial charge is 0.242 e. The minimum atomic E-state index is -3.91. The van der Waals surface area contributed by atoms with Gasteiger partial charge in [0, 0.05) is 0 Å². The van der Waals surface area contributed by atoms with Crippen molar-refractivity contribution in [1.29, 1.82) is 0 Å². The number of nitrogens with zero attached hydrogens (tertiary/aromatic N) is 1. The Bertz CT molecular complexity index is 1730. The number of sulfonamides is 2. The summed E-state index contributed by atoms with van der Waals surface area (Å²) in [4.78, 5) is 19.7. The number of carbonyl (C=O) groups excluding carboxylic acids is 1. The second kappa shape index (κ2) is 10.5. The highest BCUT2D eigenvalue weighted by molar-refractivity contribution is 7.90. The maximum absolute atomic E-state index is 13.5. The van der Waals surface area contributed by atoms with Crippen molar-refractivity contribution >= 4 is 37.0 Å². The average molecular weight is 581 g/mol. The number of aromatic nitrogens is 2. The highest BCUT2D eigenvalue weighted by atomic mass is 32.2. The number of rotatable bonds is 9. The molecule has 0 spiro atoms. The van der Waals surface area contributed by atoms with Crippen LogP contribution >= 0.6 is 0 Å². The molecule has 1 aliphatic rings. The molecule has 5 rings (SSSR count). The first-order chi connectivity index (χ1) is 18.9. The quantitative estimate of drug-likeness (QED) is 0.268. The SMILES string of the molecule is CCC(C)(C)c1ccc(S(=O)(=O)N[C@@H](Cc2ccc(C3CC(=O)NS3(=O)=O)cc2)c2nc3ccccc3[nH]2)cc1. The van der Waals surface area contributed by atoms with E-state index in [1.165, 1.54) is 0 Å². The van der Waals surface area contributed by atoms with Crippen LogP contribution in [-0.4, -0.2) is 32.7 Å². The number of benzene rings is 3. The lowest BCUT2D eigenvalue weighted by Crippen LogP contribution is -2.31. The Balaban J connectivity index is 1.44. The highest BCUT2D eigenvalue weighted by Gasteiger charge is 2.37. The lowest BCUT2D eigenvalue weighted by Gasteiger charge is -2.23. The van der Waals surface area contributed by atoms with Crippen LogP contribution in [0.2, 0.25) is 0 Å². The molecule has 2 heterocycles. The molecule has 0 saturated carbocycles. The minimum Gasteiger partial charge on any atom is -0.341 e. The lowest BCUT2D eigenvalue weighted by atomic mass is 9.82. The number of aromatic amines is 1. The van der Waals surface area contributed by atoms with Gasteiger partial charge >= 0.3 is 0 Å². The minimum absolute atomic E-state index is 0.0696. The molecular weight excluding hydrogens is 548 g/mol. The second-order valence-electron chi connectivity index (χ2n) is 10.8. The summed E-state index contributed by atoms with van der Waals surface area (Å²) < 4.78 is 56.4. The van der Waals surface area contributed by atoms with E-state index in [9.17, 15) is 21.6 Å². The van der Waals surface area contributed by atoms with Crippen LogP contribution in [0.1, 0.15) is 67.4 Å². The van der Waals surface area contributed by atoms with Gasteiger partial charge in [-0.2, -0.15) is 0 Å². The number of imidazole rings is 1. The van der Waals surface area contributed by atoms with Crippen molar-refractivity contribution in [2.45, 2.75) is 61.6 Å². The van der Waals surface area contributed by atoms with E-state index in [2.05, 4.69) is 35.5 Å². The summed E-state index contributed by atoms with van der Waals surface area (Å²) >= 11 is 0. The lowest BCUT2D eigenvalue weighted by molar-refractivity contribution is -0.118. The predicted octanol–water partition coefficient (Wildman–Crippen LogP) is 4.40. The Morgan fingerprint density at radius 3 is 2.30 bits per heavy atom. The van der Waals surface area contributed by atoms with Gasteiger partial charge in [0.25, 0.3) is 0 Å². The molecule has 0 bridgehead atoms. The van der Waals surface area contributed by atoms with Gasteiger partial charge in [-0.3, -0.25) is 9.52 Å². The van der Waals surface area contributed by atoms with Crippen LogP contribution in [0.15, 0.2) is 77.7 Å². The number of hydrogen-bond donors (Lipinski definition) is 3. The standard InChI is InChI=1S/C29H32N4O5S2/c1-4-29(2,3)21-13-15-22(16-14-21)39(35,36)32-25(28-30-23-7-5-6-8-24(23)31-28)17-19-9-11-20(12-10-19)26-18-27(34)33-40(26,37)38/h5-16,25-26,32H,4,17-18H2,1-3H3,(H,30,31)(H,33,34)/t25-,26?/m0/s1. The highest BCUT2D eigenvalue weighted by Crippen LogP contribution is 2.31. The van der Waals surface area contributed by atoms with Gasteiger partial charge in [0.1, 0.15) is 11.1 Å². The normalized spacial score (nSPS) is 18.1. The number of amides is 1. The van der Waals surface area contributed by atoms with Crippen LogP contribution in [0.25, 0.3) is 11.0 Å². The molecule has 9 nitrogen and oxygen atoms in total. The van der Waals surface area contributed by atoms with Crippen molar-refractivity contribution in [3.8, 4) is 0 Å². The van der Waals surface area contributed by atoms with Gasteiger partial charge in [-0.05, 0) is 59.2 Å². The average Bonchev–Trinajstić information content (AvgIpc) is 3.48. The van der Waals surface area contributed by atoms with Crippen LogP contribution < -0.4 is 9.44 Å². The summed E-state index contributed by atoms with van der Waals surface area (Å²) in [6.07, 6.45) is 1.05. The van der Waals surface area contributed by atoms with Gasteiger partial charge in [-0.15, -0.1) is 0 Å². The molecule has 4 aromatic rings. The van der Waals surface area contributed by atoms with E-state index in [1.54, 1.807) is 36.4 Å². The third-order valence-corrected chi connectivity index (χ3v) is 10.8. The molecule has 11 heteroatoms. The van der Waals surface area contributed by atoms with Gasteiger partial charge in [0.15, 0.2) is 0 Å². The molecule has 0 radical (unpaired) electrons. The van der Waals surface area contributed by atoms with Crippen LogP contribution in [0.4, 0.5) is 0 Å². The fourth-order valence-corrected chi connectivity index (χ4v) is 7.46. The number of para-hydroxylation sites is 2. The molecule has 2 atom stereocenters. The van der Waals surface area contributed by atoms with Gasteiger partial charge in [0.05, 0.1) is 28.4 Å². The fourth-order valence-electron chi connectivity index (χ4n) is 4.83. The maximum Gasteiger partial charge on any atom is 0.242 e. The summed E-state index contributed by atoms with van der Waals surface area (Å²) in [7, 11) is -7.67. The number of nitrogens with one attached hydrogen (secondary N) is 3. The zero-order valence-electron chi connectivity index (χ0n) is 22.5. The van der Waals surface area contributed by atoms with E-state index in [-0.39, 0.29) is 23.2 Å². The van der Waals surface area contributed by atoms with Crippen LogP contribution in [0.3, 0.4) is 0 Å². The summed E-state index contributed by atoms with van der Waals surface area (Å²) in [6, 6.07) is 20.5. The van der Waals surface area contributed by atoms with Crippen LogP contribution in [0, 0.1) is 0 Å². The zero-order chi connectivity index (χ0) is 28.7. The van der Waals surface area contributed by atoms with Crippen molar-refractivity contribution in [1.82, 2.24) is 19.4 Å². The van der Waals surface area contributed by atoms with Crippen molar-refractivity contribution in [2.24, 2.45) is 0 Å². The topological polar surface area (TPSA) is 138 Å². The Kier molecular flexibility index (Phi) is 7.32. The maximum atomic E-state index is 13.5. The molecule has 1 amide bonds. The number of H-pyrrole nitrogens is 1. The molecule has 1 aromatic heterocycles. The van der Waals surface area contributed by atoms with Crippen molar-refractivity contribution < 1.29 is 21.6 Å². The largest absolute Gasteiger partial charge is 0.341 e. The number of hydrogen-bond acceptors (Lipinski definition) is 6. The van der Waals surface area contributed by atoms with Crippen molar-refractivity contribution in [3.63, 3.8) is 0 Å². The molecule has 0 aliphatic carbocycles. The van der Waals surface area contributed by atoms with Gasteiger partial charge < -0.3 is 4.98 Å². The van der Waals surface area contributed by atoms with Gasteiger partial charge in [0.2, 0.25) is 26.0 Å². The Labute approximate surface area is 234 Å². The molecule has 1 saturated heterocycles. The summed E-state index contributed by atoms with van der Waals surface area (Å²) in [5.41, 5.74) is 3.76. The van der Waals surface area contributed by atoms with E-state index in [0.717, 1.165) is 23.1 Å². The van der Waals surface area contributed by atoms with E-state index in [4.69, 9.17) is 0 Å². The molecule has 40 heavy (non-hydrogen) atoms. The Morgan fingerprint density at radius 1 is 1.02 bits per heavy atom. The van der Waals surface area contributed by atoms with Crippen molar-refractivity contribution in [2.75, 3.05) is 0 Å². The molecule has 1 fully saturated rings. The van der Waals surface area contributed by atoms with Gasteiger partial charge in [-0.1, -0.05) is 69.3 Å². The van der Waals surface area contributed by atoms with E-state index in [1.807, 2.05) is 41.1 Å². The molecule has 1 aliphatic heterocycles. The monoisotopic (exact) mass is 580 g/mol. The fraction of sp³-hybridized carbons (Fsp3) is 0.310. The van der Waals surface area contributed by atoms with Crippen molar-refractivity contribution in [3.05, 3.63) is 95.3 Å². The van der Waals surface area contributed by atoms with E-state index < -0.39 is 37.2 Å². The summed E-state index contributed by atoms with van der Waals surface area (Å²) in [6.45, 7) is 6.34. The van der Waals surface area contributed by atoms with E-state index >= 15 is 0 Å². The summed E-state index contributed by atoms with van der Waals surface area (Å²) in [5.74, 6) is -0.0644. The van der Waals surface area contributed by atoms with Gasteiger partial charge in [-0.25, -0.2) is 26.5 Å². The third kappa shape index (κ3) is 5.67. The number of carbonyl (C=O) groups is 1. The van der Waals surface area contributed by atoms with E-state index in [0.29, 0.717) is 16.9 Å². The third-order valence-electron chi connectivity index (χ3n) is 7.66. The second-order valence-corrected chi connectivity index (χ2v) is 14.4. The molecule has 1 unspecified atom stereocenters. The summed E-state index contributed by atoms with van der Waals surface area (Å²) in [5, 5.41) is -0.945. The Hall–Kier alpha value is -3.54.